The molecule has 7 rings (SSSR count). The average molecular weight is 854 g/mol. The maximum atomic E-state index is 14.2. The van der Waals surface area contributed by atoms with Crippen LogP contribution in [0.15, 0.2) is 120 Å². The molecule has 4 aromatic rings. The number of sulfonamides is 1. The minimum Gasteiger partial charge on any atom is -0.368 e. The van der Waals surface area contributed by atoms with E-state index >= 15 is 0 Å². The number of hydrogen-bond donors (Lipinski definition) is 0. The number of unbranched alkanes of at least 4 members (excludes halogenated alkanes) is 11. The number of hydrogen-bond acceptors (Lipinski definition) is 8. The molecule has 2 unspecified atom stereocenters. The van der Waals surface area contributed by atoms with Gasteiger partial charge in [0.1, 0.15) is 24.4 Å². The molecule has 0 aromatic heterocycles. The normalized spacial score (nSPS) is 26.2. The second-order valence-corrected chi connectivity index (χ2v) is 19.1. The highest BCUT2D eigenvalue weighted by atomic mass is 32.2. The molecule has 0 spiro atoms. The number of rotatable bonds is 25. The summed E-state index contributed by atoms with van der Waals surface area (Å²) < 4.78 is 70.2. The summed E-state index contributed by atoms with van der Waals surface area (Å²) >= 11 is 0. The average Bonchev–Trinajstić information content (AvgIpc) is 4.03. The number of aryl methyl sites for hydroxylation is 1. The third kappa shape index (κ3) is 12.6. The monoisotopic (exact) mass is 853 g/mol. The van der Waals surface area contributed by atoms with Crippen LogP contribution < -0.4 is 0 Å². The van der Waals surface area contributed by atoms with Crippen LogP contribution in [-0.2, 0) is 51.7 Å². The smallest absolute Gasteiger partial charge is 0.243 e. The van der Waals surface area contributed by atoms with Gasteiger partial charge in [0, 0.05) is 12.1 Å². The molecule has 9 nitrogen and oxygen atoms in total. The van der Waals surface area contributed by atoms with Gasteiger partial charge in [0.05, 0.1) is 36.9 Å². The van der Waals surface area contributed by atoms with E-state index in [4.69, 9.17) is 28.4 Å². The van der Waals surface area contributed by atoms with Crippen LogP contribution in [0.25, 0.3) is 0 Å². The Morgan fingerprint density at radius 1 is 0.639 bits per heavy atom. The second kappa shape index (κ2) is 22.8. The van der Waals surface area contributed by atoms with Gasteiger partial charge in [0.15, 0.2) is 12.6 Å². The summed E-state index contributed by atoms with van der Waals surface area (Å²) in [5.74, 6) is 0. The Kier molecular flexibility index (Phi) is 17.0. The Morgan fingerprint density at radius 3 is 1.77 bits per heavy atom. The minimum atomic E-state index is -3.75. The first-order chi connectivity index (χ1) is 29.9. The van der Waals surface area contributed by atoms with E-state index in [9.17, 15) is 8.42 Å². The molecule has 0 N–H and O–H groups in total. The van der Waals surface area contributed by atoms with E-state index in [0.29, 0.717) is 31.1 Å². The van der Waals surface area contributed by atoms with Crippen molar-refractivity contribution in [2.24, 2.45) is 0 Å². The molecular formula is C51H67NO8S. The van der Waals surface area contributed by atoms with Gasteiger partial charge in [-0.3, -0.25) is 0 Å². The zero-order chi connectivity index (χ0) is 42.3. The SMILES string of the molecule is CCCCCCCCCCCCCCC1(CO[C@@H]2O[C@@H]3CO[C@H](c4ccccc4)O[C@@H]3[C@H](OCc3ccccc3)[C@H]2OCc2ccccc2)CN1S(=O)(=O)c1ccc(C)cc1. The predicted octanol–water partition coefficient (Wildman–Crippen LogP) is 10.9. The second-order valence-electron chi connectivity index (χ2n) is 17.2. The maximum absolute atomic E-state index is 14.2. The Labute approximate surface area is 365 Å². The van der Waals surface area contributed by atoms with Crippen LogP contribution in [0.1, 0.15) is 119 Å². The standard InChI is InChI=1S/C51H67NO8S/c1-3-4-5-6-7-8-9-10-11-12-13-23-34-51(38-52(51)61(53,54)44-32-30-40(2)31-33-44)39-58-50-48(56-36-42-26-19-15-20-27-42)47(55-35-41-24-17-14-18-25-41)46-45(59-50)37-57-49(60-46)43-28-21-16-22-29-43/h14-22,24-33,45-50H,3-13,23,34-39H2,1-2H3/t45-,46+,47+,48-,49+,50-,51?,52?/m1/s1. The summed E-state index contributed by atoms with van der Waals surface area (Å²) in [4.78, 5) is 0.300. The van der Waals surface area contributed by atoms with Crippen molar-refractivity contribution in [3.8, 4) is 0 Å². The van der Waals surface area contributed by atoms with Gasteiger partial charge in [-0.15, -0.1) is 0 Å². The Balaban J connectivity index is 1.08. The fourth-order valence-electron chi connectivity index (χ4n) is 8.69. The number of fused-ring (bicyclic) bond motifs is 1. The molecule has 3 aliphatic heterocycles. The van der Waals surface area contributed by atoms with Crippen molar-refractivity contribution in [2.75, 3.05) is 19.8 Å². The van der Waals surface area contributed by atoms with Crippen LogP contribution in [0, 0.1) is 6.92 Å². The van der Waals surface area contributed by atoms with Crippen molar-refractivity contribution < 1.29 is 36.8 Å². The first-order valence-electron chi connectivity index (χ1n) is 22.9. The van der Waals surface area contributed by atoms with Gasteiger partial charge in [0.2, 0.25) is 10.0 Å². The topological polar surface area (TPSA) is 92.5 Å². The predicted molar refractivity (Wildman–Crippen MR) is 238 cm³/mol. The van der Waals surface area contributed by atoms with E-state index in [1.165, 1.54) is 57.8 Å². The molecule has 0 bridgehead atoms. The Morgan fingerprint density at radius 2 is 1.18 bits per heavy atom. The lowest BCUT2D eigenvalue weighted by Gasteiger charge is -2.49. The van der Waals surface area contributed by atoms with E-state index in [-0.39, 0.29) is 13.2 Å². The van der Waals surface area contributed by atoms with Gasteiger partial charge in [-0.25, -0.2) is 8.42 Å². The van der Waals surface area contributed by atoms with E-state index < -0.39 is 52.6 Å². The van der Waals surface area contributed by atoms with E-state index in [0.717, 1.165) is 41.5 Å². The van der Waals surface area contributed by atoms with Crippen molar-refractivity contribution >= 4 is 10.0 Å². The van der Waals surface area contributed by atoms with Gasteiger partial charge in [-0.05, 0) is 36.6 Å². The molecule has 0 radical (unpaired) electrons. The first-order valence-corrected chi connectivity index (χ1v) is 24.3. The lowest BCUT2D eigenvalue weighted by atomic mass is 9.96. The minimum absolute atomic E-state index is 0.156. The lowest BCUT2D eigenvalue weighted by Crippen LogP contribution is -2.63. The third-order valence-electron chi connectivity index (χ3n) is 12.4. The van der Waals surface area contributed by atoms with E-state index in [1.54, 1.807) is 16.4 Å². The molecular weight excluding hydrogens is 787 g/mol. The highest BCUT2D eigenvalue weighted by Crippen LogP contribution is 2.44. The first kappa shape index (κ1) is 45.6. The summed E-state index contributed by atoms with van der Waals surface area (Å²) in [6.07, 6.45) is 11.7. The van der Waals surface area contributed by atoms with Crippen LogP contribution in [0.2, 0.25) is 0 Å². The molecule has 3 heterocycles. The van der Waals surface area contributed by atoms with Crippen LogP contribution in [0.4, 0.5) is 0 Å². The van der Waals surface area contributed by atoms with Crippen molar-refractivity contribution in [3.63, 3.8) is 0 Å². The fourth-order valence-corrected chi connectivity index (χ4v) is 10.5. The number of ether oxygens (including phenoxy) is 6. The zero-order valence-electron chi connectivity index (χ0n) is 36.3. The largest absolute Gasteiger partial charge is 0.368 e. The fraction of sp³-hybridized carbons (Fsp3) is 0.529. The highest BCUT2D eigenvalue weighted by Gasteiger charge is 2.60. The van der Waals surface area contributed by atoms with Crippen LogP contribution >= 0.6 is 0 Å². The molecule has 10 heteroatoms. The van der Waals surface area contributed by atoms with E-state index in [1.807, 2.05) is 110 Å². The van der Waals surface area contributed by atoms with Crippen molar-refractivity contribution in [1.82, 2.24) is 4.31 Å². The van der Waals surface area contributed by atoms with Crippen molar-refractivity contribution in [2.45, 2.75) is 158 Å². The van der Waals surface area contributed by atoms with Gasteiger partial charge >= 0.3 is 0 Å². The summed E-state index contributed by atoms with van der Waals surface area (Å²) in [6, 6.07) is 37.1. The van der Waals surface area contributed by atoms with Gasteiger partial charge in [-0.2, -0.15) is 4.31 Å². The number of benzene rings is 4. The Bertz CT molecular complexity index is 1970. The Hall–Kier alpha value is -3.45. The molecule has 0 amide bonds. The molecule has 4 aromatic carbocycles. The molecule has 61 heavy (non-hydrogen) atoms. The summed E-state index contributed by atoms with van der Waals surface area (Å²) in [5.41, 5.74) is 3.24. The summed E-state index contributed by atoms with van der Waals surface area (Å²) in [7, 11) is -3.75. The van der Waals surface area contributed by atoms with Crippen LogP contribution in [0.3, 0.4) is 0 Å². The summed E-state index contributed by atoms with van der Waals surface area (Å²) in [6.45, 7) is 5.66. The number of nitrogens with zero attached hydrogens (tertiary/aromatic N) is 1. The molecule has 3 aliphatic rings. The molecule has 3 fully saturated rings. The highest BCUT2D eigenvalue weighted by molar-refractivity contribution is 7.89. The quantitative estimate of drug-likeness (QED) is 0.0481. The molecule has 8 atom stereocenters. The molecule has 0 saturated carbocycles. The van der Waals surface area contributed by atoms with Gasteiger partial charge < -0.3 is 28.4 Å². The van der Waals surface area contributed by atoms with Crippen molar-refractivity contribution in [3.05, 3.63) is 138 Å². The molecule has 0 aliphatic carbocycles. The maximum Gasteiger partial charge on any atom is 0.243 e. The molecule has 3 saturated heterocycles. The van der Waals surface area contributed by atoms with Gasteiger partial charge in [0.25, 0.3) is 0 Å². The molecule has 330 valence electrons. The van der Waals surface area contributed by atoms with Crippen LogP contribution in [-0.4, -0.2) is 68.7 Å². The lowest BCUT2D eigenvalue weighted by molar-refractivity contribution is -0.373. The van der Waals surface area contributed by atoms with E-state index in [2.05, 4.69) is 6.92 Å². The zero-order valence-corrected chi connectivity index (χ0v) is 37.1. The van der Waals surface area contributed by atoms with Crippen LogP contribution in [0.5, 0.6) is 0 Å². The third-order valence-corrected chi connectivity index (χ3v) is 14.4. The van der Waals surface area contributed by atoms with Crippen molar-refractivity contribution in [1.29, 1.82) is 0 Å². The van der Waals surface area contributed by atoms with Gasteiger partial charge in [-0.1, -0.05) is 193 Å². The summed E-state index contributed by atoms with van der Waals surface area (Å²) in [5, 5.41) is 0.